The molecule has 2 aromatic carbocycles. The highest BCUT2D eigenvalue weighted by Gasteiger charge is 2.42. The van der Waals surface area contributed by atoms with Gasteiger partial charge in [0.15, 0.2) is 5.78 Å². The molecular weight excluding hydrogens is 282 g/mol. The molecule has 1 aliphatic rings. The first-order valence-electron chi connectivity index (χ1n) is 6.83. The summed E-state index contributed by atoms with van der Waals surface area (Å²) >= 11 is 0. The van der Waals surface area contributed by atoms with Crippen molar-refractivity contribution < 1.29 is 19.1 Å². The first-order chi connectivity index (χ1) is 10.7. The molecule has 1 saturated heterocycles. The first-order valence-corrected chi connectivity index (χ1v) is 6.83. The Morgan fingerprint density at radius 1 is 0.909 bits per heavy atom. The lowest BCUT2D eigenvalue weighted by Gasteiger charge is -2.18. The third-order valence-electron chi connectivity index (χ3n) is 3.47. The van der Waals surface area contributed by atoms with Gasteiger partial charge < -0.3 is 4.74 Å². The Morgan fingerprint density at radius 2 is 1.45 bits per heavy atom. The van der Waals surface area contributed by atoms with E-state index in [0.29, 0.717) is 11.1 Å². The number of hydrogen-bond donors (Lipinski definition) is 0. The fraction of sp³-hybridized carbons (Fsp3) is 0.118. The second-order valence-electron chi connectivity index (χ2n) is 4.86. The smallest absolute Gasteiger partial charge is 0.417 e. The number of carbonyl (C=O) groups excluding carboxylic acids is 3. The van der Waals surface area contributed by atoms with Gasteiger partial charge in [-0.05, 0) is 12.1 Å². The van der Waals surface area contributed by atoms with E-state index in [1.54, 1.807) is 60.7 Å². The summed E-state index contributed by atoms with van der Waals surface area (Å²) in [5, 5.41) is 0. The molecule has 2 aromatic rings. The Hall–Kier alpha value is -2.95. The SMILES string of the molecule is O=C(c1ccccc1)C1COC(=O)N1C(=O)c1ccccc1. The summed E-state index contributed by atoms with van der Waals surface area (Å²) < 4.78 is 4.91. The van der Waals surface area contributed by atoms with Crippen molar-refractivity contribution >= 4 is 17.8 Å². The maximum Gasteiger partial charge on any atom is 0.417 e. The maximum atomic E-state index is 12.5. The van der Waals surface area contributed by atoms with Crippen LogP contribution in [-0.4, -0.2) is 35.3 Å². The van der Waals surface area contributed by atoms with Crippen LogP contribution in [0.1, 0.15) is 20.7 Å². The molecular formula is C17H13NO4. The van der Waals surface area contributed by atoms with Gasteiger partial charge in [-0.3, -0.25) is 9.59 Å². The Labute approximate surface area is 127 Å². The molecule has 1 fully saturated rings. The number of imide groups is 1. The molecule has 0 spiro atoms. The minimum Gasteiger partial charge on any atom is -0.446 e. The van der Waals surface area contributed by atoms with Crippen LogP contribution in [0.25, 0.3) is 0 Å². The average Bonchev–Trinajstić information content (AvgIpc) is 2.96. The zero-order valence-corrected chi connectivity index (χ0v) is 11.6. The molecule has 0 aliphatic carbocycles. The predicted molar refractivity (Wildman–Crippen MR) is 78.5 cm³/mol. The summed E-state index contributed by atoms with van der Waals surface area (Å²) in [4.78, 5) is 37.7. The van der Waals surface area contributed by atoms with Gasteiger partial charge in [0.1, 0.15) is 12.6 Å². The van der Waals surface area contributed by atoms with Crippen LogP contribution in [-0.2, 0) is 4.74 Å². The molecule has 0 saturated carbocycles. The topological polar surface area (TPSA) is 63.7 Å². The summed E-state index contributed by atoms with van der Waals surface area (Å²) in [5.74, 6) is -0.840. The molecule has 22 heavy (non-hydrogen) atoms. The lowest BCUT2D eigenvalue weighted by atomic mass is 10.0. The zero-order chi connectivity index (χ0) is 15.5. The van der Waals surface area contributed by atoms with Gasteiger partial charge in [0.25, 0.3) is 5.91 Å². The van der Waals surface area contributed by atoms with Crippen molar-refractivity contribution in [3.8, 4) is 0 Å². The Bertz CT molecular complexity index is 712. The van der Waals surface area contributed by atoms with Crippen LogP contribution >= 0.6 is 0 Å². The second-order valence-corrected chi connectivity index (χ2v) is 4.86. The summed E-state index contributed by atoms with van der Waals surface area (Å²) in [6.07, 6.45) is -0.789. The van der Waals surface area contributed by atoms with Crippen LogP contribution in [0.15, 0.2) is 60.7 Å². The van der Waals surface area contributed by atoms with Crippen molar-refractivity contribution in [3.05, 3.63) is 71.8 Å². The first kappa shape index (κ1) is 14.0. The Morgan fingerprint density at radius 3 is 2.05 bits per heavy atom. The van der Waals surface area contributed by atoms with Crippen molar-refractivity contribution in [3.63, 3.8) is 0 Å². The largest absolute Gasteiger partial charge is 0.446 e. The molecule has 0 N–H and O–H groups in total. The lowest BCUT2D eigenvalue weighted by Crippen LogP contribution is -2.43. The fourth-order valence-corrected chi connectivity index (χ4v) is 2.35. The van der Waals surface area contributed by atoms with E-state index >= 15 is 0 Å². The van der Waals surface area contributed by atoms with Gasteiger partial charge in [-0.1, -0.05) is 48.5 Å². The number of amides is 2. The molecule has 5 heteroatoms. The molecule has 5 nitrogen and oxygen atoms in total. The number of Topliss-reactive ketones (excluding diaryl/α,β-unsaturated/α-hetero) is 1. The van der Waals surface area contributed by atoms with Gasteiger partial charge in [-0.2, -0.15) is 0 Å². The number of hydrogen-bond acceptors (Lipinski definition) is 4. The van der Waals surface area contributed by atoms with Gasteiger partial charge >= 0.3 is 6.09 Å². The van der Waals surface area contributed by atoms with Gasteiger partial charge in [0.2, 0.25) is 0 Å². The van der Waals surface area contributed by atoms with Crippen molar-refractivity contribution in [2.24, 2.45) is 0 Å². The third-order valence-corrected chi connectivity index (χ3v) is 3.47. The van der Waals surface area contributed by atoms with Gasteiger partial charge in [-0.15, -0.1) is 0 Å². The quantitative estimate of drug-likeness (QED) is 0.816. The van der Waals surface area contributed by atoms with Gasteiger partial charge in [0.05, 0.1) is 0 Å². The van der Waals surface area contributed by atoms with Gasteiger partial charge in [0, 0.05) is 11.1 Å². The van der Waals surface area contributed by atoms with Crippen LogP contribution in [0, 0.1) is 0 Å². The number of benzene rings is 2. The van der Waals surface area contributed by atoms with Gasteiger partial charge in [-0.25, -0.2) is 9.69 Å². The van der Waals surface area contributed by atoms with E-state index in [4.69, 9.17) is 4.74 Å². The van der Waals surface area contributed by atoms with E-state index in [9.17, 15) is 14.4 Å². The molecule has 1 aliphatic heterocycles. The van der Waals surface area contributed by atoms with E-state index in [2.05, 4.69) is 0 Å². The summed E-state index contributed by atoms with van der Waals surface area (Å²) in [7, 11) is 0. The number of nitrogens with zero attached hydrogens (tertiary/aromatic N) is 1. The third kappa shape index (κ3) is 2.48. The molecule has 3 rings (SSSR count). The normalized spacial score (nSPS) is 17.2. The second kappa shape index (κ2) is 5.81. The van der Waals surface area contributed by atoms with Crippen LogP contribution in [0.5, 0.6) is 0 Å². The molecule has 1 atom stereocenters. The minimum atomic E-state index is -0.928. The molecule has 1 heterocycles. The number of rotatable bonds is 3. The highest BCUT2D eigenvalue weighted by atomic mass is 16.6. The zero-order valence-electron chi connectivity index (χ0n) is 11.6. The van der Waals surface area contributed by atoms with Crippen molar-refractivity contribution in [1.29, 1.82) is 0 Å². The number of ketones is 1. The predicted octanol–water partition coefficient (Wildman–Crippen LogP) is 2.53. The van der Waals surface area contributed by atoms with E-state index in [1.807, 2.05) is 0 Å². The Kier molecular flexibility index (Phi) is 3.70. The highest BCUT2D eigenvalue weighted by Crippen LogP contribution is 2.20. The average molecular weight is 295 g/mol. The molecule has 110 valence electrons. The van der Waals surface area contributed by atoms with E-state index in [-0.39, 0.29) is 12.4 Å². The number of ether oxygens (including phenoxy) is 1. The van der Waals surface area contributed by atoms with Crippen LogP contribution in [0.4, 0.5) is 4.79 Å². The van der Waals surface area contributed by atoms with E-state index < -0.39 is 18.0 Å². The number of cyclic esters (lactones) is 1. The minimum absolute atomic E-state index is 0.120. The fourth-order valence-electron chi connectivity index (χ4n) is 2.35. The van der Waals surface area contributed by atoms with Crippen LogP contribution in [0.3, 0.4) is 0 Å². The number of carbonyl (C=O) groups is 3. The molecule has 0 radical (unpaired) electrons. The summed E-state index contributed by atoms with van der Waals surface area (Å²) in [5.41, 5.74) is 0.781. The van der Waals surface area contributed by atoms with Crippen molar-refractivity contribution in [2.45, 2.75) is 6.04 Å². The molecule has 0 aromatic heterocycles. The summed E-state index contributed by atoms with van der Waals surface area (Å²) in [6.45, 7) is -0.120. The Balaban J connectivity index is 1.90. The molecule has 2 amide bonds. The van der Waals surface area contributed by atoms with Crippen LogP contribution in [0.2, 0.25) is 0 Å². The van der Waals surface area contributed by atoms with E-state index in [1.165, 1.54) is 0 Å². The standard InChI is InChI=1S/C17H13NO4/c19-15(12-7-3-1-4-8-12)14-11-22-17(21)18(14)16(20)13-9-5-2-6-10-13/h1-10,14H,11H2. The monoisotopic (exact) mass is 295 g/mol. The van der Waals surface area contributed by atoms with E-state index in [0.717, 1.165) is 4.90 Å². The lowest BCUT2D eigenvalue weighted by molar-refractivity contribution is 0.0716. The van der Waals surface area contributed by atoms with Crippen molar-refractivity contribution in [1.82, 2.24) is 4.90 Å². The molecule has 0 bridgehead atoms. The molecule has 1 unspecified atom stereocenters. The maximum absolute atomic E-state index is 12.5. The van der Waals surface area contributed by atoms with Crippen LogP contribution < -0.4 is 0 Å². The summed E-state index contributed by atoms with van der Waals surface area (Å²) in [6, 6.07) is 16.0. The highest BCUT2D eigenvalue weighted by molar-refractivity contribution is 6.11. The van der Waals surface area contributed by atoms with Crippen molar-refractivity contribution in [2.75, 3.05) is 6.61 Å².